The van der Waals surface area contributed by atoms with Gasteiger partial charge in [0.25, 0.3) is 0 Å². The van der Waals surface area contributed by atoms with Crippen molar-refractivity contribution in [2.45, 2.75) is 90.1 Å². The van der Waals surface area contributed by atoms with E-state index in [-0.39, 0.29) is 55.0 Å². The average Bonchev–Trinajstić information content (AvgIpc) is 2.96. The van der Waals surface area contributed by atoms with E-state index in [4.69, 9.17) is 5.11 Å². The molecular weight excluding hydrogens is 383 g/mol. The van der Waals surface area contributed by atoms with Gasteiger partial charge in [0.1, 0.15) is 19.2 Å². The van der Waals surface area contributed by atoms with E-state index in [2.05, 4.69) is 11.9 Å². The zero-order valence-electron chi connectivity index (χ0n) is 19.4. The number of carboxylic acids is 2. The van der Waals surface area contributed by atoms with Crippen LogP contribution in [0.4, 0.5) is 0 Å². The Morgan fingerprint density at radius 2 is 1.55 bits per heavy atom. The number of rotatable bonds is 17. The predicted octanol–water partition coefficient (Wildman–Crippen LogP) is 0.563. The summed E-state index contributed by atoms with van der Waals surface area (Å²) in [6, 6.07) is 0. The fourth-order valence-corrected chi connectivity index (χ4v) is 4.10. The summed E-state index contributed by atoms with van der Waals surface area (Å²) in [4.78, 5) is 26.7. The summed E-state index contributed by atoms with van der Waals surface area (Å²) < 4.78 is 0.0984. The SMILES string of the molecule is CCCCCCCCCCCCC1=NCC[N+]1(CC(=O)O)CC(O)CC(=O)O.[H-].[Na+]. The summed E-state index contributed by atoms with van der Waals surface area (Å²) in [5.74, 6) is -1.21. The van der Waals surface area contributed by atoms with Crippen molar-refractivity contribution in [2.75, 3.05) is 26.2 Å². The molecule has 0 saturated heterocycles. The van der Waals surface area contributed by atoms with Gasteiger partial charge in [-0.15, -0.1) is 0 Å². The van der Waals surface area contributed by atoms with Crippen molar-refractivity contribution >= 4 is 17.8 Å². The van der Waals surface area contributed by atoms with Crippen LogP contribution in [0.2, 0.25) is 0 Å². The number of hydrogen-bond acceptors (Lipinski definition) is 4. The van der Waals surface area contributed by atoms with E-state index < -0.39 is 18.0 Å². The van der Waals surface area contributed by atoms with Gasteiger partial charge in [-0.25, -0.2) is 9.79 Å². The zero-order chi connectivity index (χ0) is 20.8. The summed E-state index contributed by atoms with van der Waals surface area (Å²) in [7, 11) is 0. The molecule has 164 valence electrons. The van der Waals surface area contributed by atoms with Crippen molar-refractivity contribution in [2.24, 2.45) is 4.99 Å². The molecule has 1 heterocycles. The number of aliphatic hydroxyl groups excluding tert-OH is 1. The summed E-state index contributed by atoms with van der Waals surface area (Å²) in [5.41, 5.74) is 0. The molecule has 29 heavy (non-hydrogen) atoms. The second kappa shape index (κ2) is 16.3. The van der Waals surface area contributed by atoms with Crippen LogP contribution in [0.15, 0.2) is 4.99 Å². The van der Waals surface area contributed by atoms with Crippen molar-refractivity contribution in [3.8, 4) is 0 Å². The van der Waals surface area contributed by atoms with Gasteiger partial charge in [-0.1, -0.05) is 64.7 Å². The Morgan fingerprint density at radius 3 is 2.07 bits per heavy atom. The molecule has 2 unspecified atom stereocenters. The van der Waals surface area contributed by atoms with Crippen LogP contribution in [-0.4, -0.2) is 69.9 Å². The molecule has 0 radical (unpaired) electrons. The first-order chi connectivity index (χ1) is 13.4. The summed E-state index contributed by atoms with van der Waals surface area (Å²) >= 11 is 0. The van der Waals surface area contributed by atoms with Crippen LogP contribution >= 0.6 is 0 Å². The number of amidine groups is 1. The maximum Gasteiger partial charge on any atom is 1.00 e. The van der Waals surface area contributed by atoms with Crippen LogP contribution in [0.25, 0.3) is 0 Å². The number of hydrogen-bond donors (Lipinski definition) is 3. The van der Waals surface area contributed by atoms with E-state index in [9.17, 15) is 19.8 Å². The molecule has 0 aliphatic carbocycles. The molecule has 7 nitrogen and oxygen atoms in total. The Labute approximate surface area is 199 Å². The second-order valence-corrected chi connectivity index (χ2v) is 8.08. The van der Waals surface area contributed by atoms with Gasteiger partial charge in [-0.3, -0.25) is 9.28 Å². The van der Waals surface area contributed by atoms with E-state index >= 15 is 0 Å². The van der Waals surface area contributed by atoms with Crippen LogP contribution in [0.5, 0.6) is 0 Å². The van der Waals surface area contributed by atoms with Gasteiger partial charge in [-0.05, 0) is 6.42 Å². The summed E-state index contributed by atoms with van der Waals surface area (Å²) in [5, 5.41) is 28.3. The Bertz CT molecular complexity index is 522. The largest absolute Gasteiger partial charge is 1.00 e. The molecule has 0 aromatic rings. The molecule has 0 spiro atoms. The monoisotopic (exact) mass is 423 g/mol. The Balaban J connectivity index is 0. The fourth-order valence-electron chi connectivity index (χ4n) is 4.10. The molecule has 0 amide bonds. The first-order valence-corrected chi connectivity index (χ1v) is 10.9. The van der Waals surface area contributed by atoms with E-state index in [1.807, 2.05) is 0 Å². The molecule has 8 heteroatoms. The third-order valence-electron chi connectivity index (χ3n) is 5.53. The van der Waals surface area contributed by atoms with Crippen LogP contribution in [0, 0.1) is 0 Å². The zero-order valence-corrected chi connectivity index (χ0v) is 20.4. The summed E-state index contributed by atoms with van der Waals surface area (Å²) in [6.45, 7) is 3.25. The van der Waals surface area contributed by atoms with Crippen LogP contribution in [-0.2, 0) is 9.59 Å². The van der Waals surface area contributed by atoms with E-state index in [0.717, 1.165) is 25.1 Å². The number of quaternary nitrogens is 1. The van der Waals surface area contributed by atoms with Gasteiger partial charge in [0, 0.05) is 6.42 Å². The minimum Gasteiger partial charge on any atom is -1.00 e. The Kier molecular flexibility index (Phi) is 16.0. The molecule has 1 aliphatic rings. The number of aliphatic hydroxyl groups is 1. The average molecular weight is 424 g/mol. The van der Waals surface area contributed by atoms with E-state index in [0.29, 0.717) is 13.1 Å². The van der Waals surface area contributed by atoms with Crippen molar-refractivity contribution in [3.05, 3.63) is 0 Å². The third kappa shape index (κ3) is 12.1. The minimum absolute atomic E-state index is 0. The van der Waals surface area contributed by atoms with Crippen LogP contribution in [0.1, 0.15) is 85.4 Å². The standard InChI is InChI=1S/C21H38N2O5.Na.H/c1-2-3-4-5-6-7-8-9-10-11-12-19-22-13-14-23(19,17-21(27)28)16-18(24)15-20(25)26;;/h18,24H,2-17H2,1H3,(H-,25,26,27,28);;/q;+1;-1/p+1. The first-order valence-electron chi connectivity index (χ1n) is 10.9. The number of aliphatic imine (C=N–C) groups is 1. The minimum atomic E-state index is -1.08. The molecule has 0 saturated carbocycles. The molecular formula is C21H40N2NaO5+. The van der Waals surface area contributed by atoms with Gasteiger partial charge in [-0.2, -0.15) is 0 Å². The van der Waals surface area contributed by atoms with Gasteiger partial charge in [0.2, 0.25) is 0 Å². The third-order valence-corrected chi connectivity index (χ3v) is 5.53. The smallest absolute Gasteiger partial charge is 1.00 e. The maximum atomic E-state index is 11.4. The molecule has 0 aromatic carbocycles. The van der Waals surface area contributed by atoms with Crippen molar-refractivity contribution in [1.82, 2.24) is 0 Å². The first kappa shape index (κ1) is 28.5. The molecule has 1 rings (SSSR count). The topological polar surface area (TPSA) is 107 Å². The van der Waals surface area contributed by atoms with E-state index in [1.165, 1.54) is 51.4 Å². The van der Waals surface area contributed by atoms with Crippen LogP contribution in [0.3, 0.4) is 0 Å². The molecule has 0 bridgehead atoms. The van der Waals surface area contributed by atoms with Crippen molar-refractivity contribution in [1.29, 1.82) is 0 Å². The predicted molar refractivity (Wildman–Crippen MR) is 111 cm³/mol. The summed E-state index contributed by atoms with van der Waals surface area (Å²) in [6.07, 6.45) is 11.7. The number of carboxylic acid groups (broad SMARTS) is 2. The molecule has 2 atom stereocenters. The second-order valence-electron chi connectivity index (χ2n) is 8.08. The van der Waals surface area contributed by atoms with Gasteiger partial charge in [0.15, 0.2) is 12.4 Å². The quantitative estimate of drug-likeness (QED) is 0.180. The number of unbranched alkanes of at least 4 members (excludes halogenated alkanes) is 9. The maximum absolute atomic E-state index is 11.4. The van der Waals surface area contributed by atoms with Gasteiger partial charge >= 0.3 is 41.5 Å². The molecule has 0 fully saturated rings. The van der Waals surface area contributed by atoms with Crippen LogP contribution < -0.4 is 29.6 Å². The van der Waals surface area contributed by atoms with Gasteiger partial charge < -0.3 is 16.7 Å². The molecule has 1 aliphatic heterocycles. The van der Waals surface area contributed by atoms with Crippen molar-refractivity contribution in [3.63, 3.8) is 0 Å². The molecule has 0 aromatic heterocycles. The Morgan fingerprint density at radius 1 is 1.00 bits per heavy atom. The van der Waals surface area contributed by atoms with Crippen molar-refractivity contribution < 1.29 is 60.4 Å². The molecule has 3 N–H and O–H groups in total. The van der Waals surface area contributed by atoms with E-state index in [1.54, 1.807) is 0 Å². The number of carbonyl (C=O) groups is 2. The number of aliphatic carboxylic acids is 2. The number of nitrogens with zero attached hydrogens (tertiary/aromatic N) is 2. The Hall–Kier alpha value is -0.470. The van der Waals surface area contributed by atoms with Gasteiger partial charge in [0.05, 0.1) is 13.0 Å². The fraction of sp³-hybridized carbons (Fsp3) is 0.857. The normalized spacial score (nSPS) is 19.4.